The summed E-state index contributed by atoms with van der Waals surface area (Å²) in [4.78, 5) is 4.24. The Labute approximate surface area is 110 Å². The fourth-order valence-electron chi connectivity index (χ4n) is 1.54. The van der Waals surface area contributed by atoms with Crippen molar-refractivity contribution in [3.05, 3.63) is 29.6 Å². The van der Waals surface area contributed by atoms with Crippen molar-refractivity contribution in [3.8, 4) is 11.5 Å². The first kappa shape index (κ1) is 12.6. The number of hydrogen-bond acceptors (Lipinski definition) is 6. The molecule has 0 bridgehead atoms. The van der Waals surface area contributed by atoms with E-state index in [2.05, 4.69) is 14.7 Å². The topological polar surface area (TPSA) is 56.3 Å². The van der Waals surface area contributed by atoms with Crippen LogP contribution in [0.2, 0.25) is 0 Å². The van der Waals surface area contributed by atoms with E-state index in [-0.39, 0.29) is 0 Å². The first-order valence-electron chi connectivity index (χ1n) is 5.48. The van der Waals surface area contributed by atoms with Crippen LogP contribution < -0.4 is 14.8 Å². The molecule has 2 aromatic rings. The highest BCUT2D eigenvalue weighted by molar-refractivity contribution is 7.09. The maximum atomic E-state index is 5.25. The molecule has 96 valence electrons. The normalized spacial score (nSPS) is 10.2. The monoisotopic (exact) mass is 265 g/mol. The fourth-order valence-corrected chi connectivity index (χ4v) is 2.11. The van der Waals surface area contributed by atoms with Crippen molar-refractivity contribution >= 4 is 16.7 Å². The number of aromatic nitrogens is 2. The minimum Gasteiger partial charge on any atom is -0.493 e. The molecule has 1 heterocycles. The molecule has 1 aromatic heterocycles. The van der Waals surface area contributed by atoms with E-state index < -0.39 is 0 Å². The van der Waals surface area contributed by atoms with Crippen molar-refractivity contribution < 1.29 is 9.47 Å². The second kappa shape index (κ2) is 5.68. The van der Waals surface area contributed by atoms with Crippen molar-refractivity contribution in [1.82, 2.24) is 9.36 Å². The average Bonchev–Trinajstić information content (AvgIpc) is 2.81. The standard InChI is InChI=1S/C12H15N3O2S/c1-8-14-12(18-15-8)13-7-9-4-5-10(16-2)11(6-9)17-3/h4-6H,7H2,1-3H3,(H,13,14,15). The van der Waals surface area contributed by atoms with Crippen LogP contribution in [0.5, 0.6) is 11.5 Å². The van der Waals surface area contributed by atoms with E-state index in [1.165, 1.54) is 11.5 Å². The second-order valence-corrected chi connectivity index (χ2v) is 4.44. The third-order valence-corrected chi connectivity index (χ3v) is 3.18. The largest absolute Gasteiger partial charge is 0.493 e. The fraction of sp³-hybridized carbons (Fsp3) is 0.333. The summed E-state index contributed by atoms with van der Waals surface area (Å²) < 4.78 is 14.6. The van der Waals surface area contributed by atoms with E-state index in [1.54, 1.807) is 14.2 Å². The predicted octanol–water partition coefficient (Wildman–Crippen LogP) is 2.48. The van der Waals surface area contributed by atoms with Gasteiger partial charge in [0.1, 0.15) is 5.82 Å². The Bertz CT molecular complexity index is 528. The smallest absolute Gasteiger partial charge is 0.202 e. The van der Waals surface area contributed by atoms with Crippen LogP contribution in [-0.2, 0) is 6.54 Å². The molecule has 2 rings (SSSR count). The molecule has 0 aliphatic carbocycles. The number of benzene rings is 1. The number of nitrogens with zero attached hydrogens (tertiary/aromatic N) is 2. The molecule has 0 saturated carbocycles. The molecular formula is C12H15N3O2S. The lowest BCUT2D eigenvalue weighted by Crippen LogP contribution is -2.00. The van der Waals surface area contributed by atoms with Crippen molar-refractivity contribution in [1.29, 1.82) is 0 Å². The second-order valence-electron chi connectivity index (χ2n) is 3.69. The van der Waals surface area contributed by atoms with Gasteiger partial charge in [-0.15, -0.1) is 0 Å². The van der Waals surface area contributed by atoms with Crippen LogP contribution in [0.15, 0.2) is 18.2 Å². The van der Waals surface area contributed by atoms with Gasteiger partial charge in [-0.05, 0) is 24.6 Å². The summed E-state index contributed by atoms with van der Waals surface area (Å²) in [6, 6.07) is 5.82. The highest BCUT2D eigenvalue weighted by Crippen LogP contribution is 2.27. The zero-order chi connectivity index (χ0) is 13.0. The Morgan fingerprint density at radius 1 is 1.22 bits per heavy atom. The van der Waals surface area contributed by atoms with E-state index in [0.29, 0.717) is 6.54 Å². The lowest BCUT2D eigenvalue weighted by Gasteiger charge is -2.09. The average molecular weight is 265 g/mol. The Morgan fingerprint density at radius 3 is 2.61 bits per heavy atom. The van der Waals surface area contributed by atoms with E-state index in [9.17, 15) is 0 Å². The molecule has 0 aliphatic rings. The first-order valence-corrected chi connectivity index (χ1v) is 6.25. The number of anilines is 1. The molecule has 0 spiro atoms. The molecule has 0 unspecified atom stereocenters. The molecule has 0 radical (unpaired) electrons. The number of rotatable bonds is 5. The van der Waals surface area contributed by atoms with Crippen molar-refractivity contribution in [3.63, 3.8) is 0 Å². The van der Waals surface area contributed by atoms with Crippen LogP contribution in [0.3, 0.4) is 0 Å². The van der Waals surface area contributed by atoms with E-state index in [0.717, 1.165) is 28.0 Å². The van der Waals surface area contributed by atoms with Crippen LogP contribution in [0, 0.1) is 6.92 Å². The van der Waals surface area contributed by atoms with Gasteiger partial charge < -0.3 is 14.8 Å². The lowest BCUT2D eigenvalue weighted by atomic mass is 10.2. The van der Waals surface area contributed by atoms with E-state index >= 15 is 0 Å². The first-order chi connectivity index (χ1) is 8.72. The molecular weight excluding hydrogens is 250 g/mol. The Morgan fingerprint density at radius 2 is 2.00 bits per heavy atom. The number of aryl methyl sites for hydroxylation is 1. The van der Waals surface area contributed by atoms with Gasteiger partial charge in [0.05, 0.1) is 14.2 Å². The number of hydrogen-bond donors (Lipinski definition) is 1. The predicted molar refractivity (Wildman–Crippen MR) is 71.5 cm³/mol. The van der Waals surface area contributed by atoms with Gasteiger partial charge in [-0.25, -0.2) is 4.98 Å². The van der Waals surface area contributed by atoms with Crippen molar-refractivity contribution in [2.45, 2.75) is 13.5 Å². The summed E-state index contributed by atoms with van der Waals surface area (Å²) in [5.41, 5.74) is 1.10. The van der Waals surface area contributed by atoms with Crippen LogP contribution in [-0.4, -0.2) is 23.6 Å². The minimum absolute atomic E-state index is 0.676. The molecule has 0 saturated heterocycles. The van der Waals surface area contributed by atoms with E-state index in [1.807, 2.05) is 25.1 Å². The molecule has 5 nitrogen and oxygen atoms in total. The number of ether oxygens (including phenoxy) is 2. The van der Waals surface area contributed by atoms with Crippen molar-refractivity contribution in [2.24, 2.45) is 0 Å². The maximum Gasteiger partial charge on any atom is 0.202 e. The number of methoxy groups -OCH3 is 2. The summed E-state index contributed by atoms with van der Waals surface area (Å²) >= 11 is 1.36. The Kier molecular flexibility index (Phi) is 3.99. The van der Waals surface area contributed by atoms with Gasteiger partial charge in [-0.3, -0.25) is 0 Å². The summed E-state index contributed by atoms with van der Waals surface area (Å²) in [5.74, 6) is 2.24. The summed E-state index contributed by atoms with van der Waals surface area (Å²) in [7, 11) is 3.25. The Hall–Kier alpha value is -1.82. The van der Waals surface area contributed by atoms with Crippen LogP contribution in [0.1, 0.15) is 11.4 Å². The van der Waals surface area contributed by atoms with Gasteiger partial charge in [0.15, 0.2) is 11.5 Å². The minimum atomic E-state index is 0.676. The third kappa shape index (κ3) is 2.89. The summed E-state index contributed by atoms with van der Waals surface area (Å²) in [5, 5.41) is 4.04. The van der Waals surface area contributed by atoms with Gasteiger partial charge in [0.2, 0.25) is 5.13 Å². The van der Waals surface area contributed by atoms with Gasteiger partial charge in [0.25, 0.3) is 0 Å². The summed E-state index contributed by atoms with van der Waals surface area (Å²) in [6.45, 7) is 2.55. The van der Waals surface area contributed by atoms with Crippen LogP contribution in [0.4, 0.5) is 5.13 Å². The zero-order valence-corrected chi connectivity index (χ0v) is 11.4. The molecule has 0 atom stereocenters. The molecule has 0 fully saturated rings. The van der Waals surface area contributed by atoms with Crippen molar-refractivity contribution in [2.75, 3.05) is 19.5 Å². The quantitative estimate of drug-likeness (QED) is 0.900. The molecule has 0 amide bonds. The van der Waals surface area contributed by atoms with Gasteiger partial charge >= 0.3 is 0 Å². The third-order valence-electron chi connectivity index (χ3n) is 2.42. The van der Waals surface area contributed by atoms with E-state index in [4.69, 9.17) is 9.47 Å². The lowest BCUT2D eigenvalue weighted by molar-refractivity contribution is 0.354. The van der Waals surface area contributed by atoms with Gasteiger partial charge in [0, 0.05) is 18.1 Å². The molecule has 18 heavy (non-hydrogen) atoms. The summed E-state index contributed by atoms with van der Waals surface area (Å²) in [6.07, 6.45) is 0. The zero-order valence-electron chi connectivity index (χ0n) is 10.6. The Balaban J connectivity index is 2.05. The molecule has 6 heteroatoms. The maximum absolute atomic E-state index is 5.25. The highest BCUT2D eigenvalue weighted by Gasteiger charge is 2.05. The highest BCUT2D eigenvalue weighted by atomic mass is 32.1. The molecule has 1 N–H and O–H groups in total. The molecule has 1 aromatic carbocycles. The van der Waals surface area contributed by atoms with Crippen LogP contribution >= 0.6 is 11.5 Å². The van der Waals surface area contributed by atoms with Gasteiger partial charge in [-0.2, -0.15) is 4.37 Å². The van der Waals surface area contributed by atoms with Crippen LogP contribution in [0.25, 0.3) is 0 Å². The SMILES string of the molecule is COc1ccc(CNc2nc(C)ns2)cc1OC. The number of nitrogens with one attached hydrogen (secondary N) is 1. The molecule has 0 aliphatic heterocycles. The van der Waals surface area contributed by atoms with Gasteiger partial charge in [-0.1, -0.05) is 6.07 Å².